The van der Waals surface area contributed by atoms with Crippen LogP contribution in [0.25, 0.3) is 11.4 Å². The molecule has 2 aromatic heterocycles. The van der Waals surface area contributed by atoms with Crippen LogP contribution in [0.1, 0.15) is 5.82 Å². The molecule has 0 spiro atoms. The highest BCUT2D eigenvalue weighted by Gasteiger charge is 2.08. The molecule has 0 amide bonds. The fourth-order valence-corrected chi connectivity index (χ4v) is 2.01. The van der Waals surface area contributed by atoms with Gasteiger partial charge in [0, 0.05) is 18.0 Å². The summed E-state index contributed by atoms with van der Waals surface area (Å²) in [5.41, 5.74) is 6.75. The summed E-state index contributed by atoms with van der Waals surface area (Å²) in [6.45, 7) is 3.65. The number of anilines is 1. The quantitative estimate of drug-likeness (QED) is 0.374. The van der Waals surface area contributed by atoms with Gasteiger partial charge < -0.3 is 16.0 Å². The number of H-pyrrole nitrogens is 1. The number of rotatable bonds is 4. The van der Waals surface area contributed by atoms with Crippen LogP contribution < -0.4 is 11.1 Å². The van der Waals surface area contributed by atoms with Gasteiger partial charge in [0.15, 0.2) is 11.1 Å². The molecule has 88 valence electrons. The molecule has 2 rings (SSSR count). The van der Waals surface area contributed by atoms with E-state index in [2.05, 4.69) is 26.8 Å². The Balaban J connectivity index is 2.18. The molecule has 0 unspecified atom stereocenters. The van der Waals surface area contributed by atoms with Gasteiger partial charge in [0.25, 0.3) is 0 Å². The lowest BCUT2D eigenvalue weighted by Gasteiger charge is -1.95. The predicted octanol–water partition coefficient (Wildman–Crippen LogP) is 1.57. The minimum Gasteiger partial charge on any atom is -0.370 e. The number of guanidine groups is 1. The Bertz CT molecular complexity index is 540. The van der Waals surface area contributed by atoms with Crippen molar-refractivity contribution in [1.82, 2.24) is 15.0 Å². The number of aromatic amines is 1. The van der Waals surface area contributed by atoms with E-state index < -0.39 is 0 Å². The van der Waals surface area contributed by atoms with E-state index in [4.69, 9.17) is 11.1 Å². The van der Waals surface area contributed by atoms with E-state index in [9.17, 15) is 0 Å². The largest absolute Gasteiger partial charge is 0.370 e. The molecule has 0 aliphatic rings. The number of nitrogens with zero attached hydrogens (tertiary/aromatic N) is 2. The fraction of sp³-hybridized carbons (Fsp3) is 0.100. The molecule has 6 nitrogen and oxygen atoms in total. The van der Waals surface area contributed by atoms with E-state index in [0.717, 1.165) is 17.2 Å². The maximum Gasteiger partial charge on any atom is 0.192 e. The third-order valence-electron chi connectivity index (χ3n) is 1.98. The molecular weight excluding hydrogens is 236 g/mol. The van der Waals surface area contributed by atoms with E-state index in [1.165, 1.54) is 11.3 Å². The molecule has 0 saturated heterocycles. The third kappa shape index (κ3) is 2.70. The maximum atomic E-state index is 7.10. The summed E-state index contributed by atoms with van der Waals surface area (Å²) < 4.78 is 0. The van der Waals surface area contributed by atoms with Crippen molar-refractivity contribution in [2.45, 2.75) is 6.42 Å². The van der Waals surface area contributed by atoms with Gasteiger partial charge in [-0.3, -0.25) is 5.41 Å². The number of thiazole rings is 1. The molecule has 0 saturated carbocycles. The van der Waals surface area contributed by atoms with Crippen molar-refractivity contribution in [1.29, 1.82) is 5.41 Å². The van der Waals surface area contributed by atoms with Crippen molar-refractivity contribution >= 4 is 22.4 Å². The van der Waals surface area contributed by atoms with Crippen molar-refractivity contribution in [3.8, 4) is 11.4 Å². The molecule has 17 heavy (non-hydrogen) atoms. The summed E-state index contributed by atoms with van der Waals surface area (Å²) in [7, 11) is 0. The van der Waals surface area contributed by atoms with E-state index in [1.54, 1.807) is 12.3 Å². The van der Waals surface area contributed by atoms with Crippen LogP contribution in [0.5, 0.6) is 0 Å². The molecule has 0 fully saturated rings. The van der Waals surface area contributed by atoms with Gasteiger partial charge in [-0.2, -0.15) is 0 Å². The second-order valence-electron chi connectivity index (χ2n) is 3.30. The highest BCUT2D eigenvalue weighted by atomic mass is 32.1. The van der Waals surface area contributed by atoms with E-state index >= 15 is 0 Å². The normalized spacial score (nSPS) is 10.1. The zero-order chi connectivity index (χ0) is 12.3. The molecule has 0 aromatic carbocycles. The van der Waals surface area contributed by atoms with Crippen LogP contribution in [-0.2, 0) is 6.42 Å². The SMILES string of the molecule is C=CCc1nc(-c2csc(NC(=N)N)n2)c[nH]1. The van der Waals surface area contributed by atoms with Gasteiger partial charge in [-0.05, 0) is 0 Å². The first-order chi connectivity index (χ1) is 8.19. The van der Waals surface area contributed by atoms with Crippen LogP contribution in [0.4, 0.5) is 5.13 Å². The molecule has 0 radical (unpaired) electrons. The second-order valence-corrected chi connectivity index (χ2v) is 4.16. The molecule has 2 heterocycles. The van der Waals surface area contributed by atoms with E-state index in [-0.39, 0.29) is 5.96 Å². The fourth-order valence-electron chi connectivity index (χ4n) is 1.30. The Morgan fingerprint density at radius 3 is 3.12 bits per heavy atom. The van der Waals surface area contributed by atoms with Gasteiger partial charge in [-0.15, -0.1) is 17.9 Å². The Hall–Kier alpha value is -2.15. The molecule has 0 bridgehead atoms. The second kappa shape index (κ2) is 4.79. The monoisotopic (exact) mass is 248 g/mol. The molecule has 2 aromatic rings. The van der Waals surface area contributed by atoms with Crippen molar-refractivity contribution in [3.63, 3.8) is 0 Å². The zero-order valence-corrected chi connectivity index (χ0v) is 9.84. The van der Waals surface area contributed by atoms with Crippen LogP contribution in [-0.4, -0.2) is 20.9 Å². The standard InChI is InChI=1S/C10H12N6S/c1-2-3-8-13-4-6(14-8)7-5-17-10(15-7)16-9(11)12/h2,4-5H,1,3H2,(H,13,14)(H4,11,12,15,16). The first-order valence-corrected chi connectivity index (χ1v) is 5.79. The topological polar surface area (TPSA) is 103 Å². The van der Waals surface area contributed by atoms with Gasteiger partial charge in [0.05, 0.1) is 0 Å². The smallest absolute Gasteiger partial charge is 0.192 e. The highest BCUT2D eigenvalue weighted by molar-refractivity contribution is 7.14. The van der Waals surface area contributed by atoms with Crippen molar-refractivity contribution in [2.75, 3.05) is 5.32 Å². The Morgan fingerprint density at radius 2 is 2.41 bits per heavy atom. The molecule has 7 heteroatoms. The average Bonchev–Trinajstić information content (AvgIpc) is 2.86. The number of hydrogen-bond acceptors (Lipinski definition) is 4. The molecule has 0 aliphatic heterocycles. The maximum absolute atomic E-state index is 7.10. The van der Waals surface area contributed by atoms with Crippen molar-refractivity contribution in [2.24, 2.45) is 5.73 Å². The van der Waals surface area contributed by atoms with Crippen LogP contribution >= 0.6 is 11.3 Å². The van der Waals surface area contributed by atoms with Crippen LogP contribution in [0, 0.1) is 5.41 Å². The lowest BCUT2D eigenvalue weighted by atomic mass is 10.4. The average molecular weight is 248 g/mol. The molecule has 5 N–H and O–H groups in total. The predicted molar refractivity (Wildman–Crippen MR) is 69.1 cm³/mol. The Labute approximate surface area is 102 Å². The number of hydrogen-bond donors (Lipinski definition) is 4. The number of nitrogens with two attached hydrogens (primary N) is 1. The first-order valence-electron chi connectivity index (χ1n) is 4.91. The summed E-state index contributed by atoms with van der Waals surface area (Å²) in [4.78, 5) is 11.7. The highest BCUT2D eigenvalue weighted by Crippen LogP contribution is 2.23. The number of nitrogens with one attached hydrogen (secondary N) is 3. The molecular formula is C10H12N6S. The summed E-state index contributed by atoms with van der Waals surface area (Å²) >= 11 is 1.38. The number of imidazole rings is 1. The minimum absolute atomic E-state index is 0.125. The van der Waals surface area contributed by atoms with Crippen LogP contribution in [0.3, 0.4) is 0 Å². The van der Waals surface area contributed by atoms with Crippen LogP contribution in [0.15, 0.2) is 24.2 Å². The van der Waals surface area contributed by atoms with Gasteiger partial charge in [0.1, 0.15) is 17.2 Å². The summed E-state index contributed by atoms with van der Waals surface area (Å²) in [6.07, 6.45) is 4.28. The minimum atomic E-state index is -0.125. The van der Waals surface area contributed by atoms with Crippen molar-refractivity contribution in [3.05, 3.63) is 30.1 Å². The van der Waals surface area contributed by atoms with Gasteiger partial charge in [-0.1, -0.05) is 6.08 Å². The summed E-state index contributed by atoms with van der Waals surface area (Å²) in [5.74, 6) is 0.726. The Kier molecular flexibility index (Phi) is 3.20. The first kappa shape index (κ1) is 11.3. The van der Waals surface area contributed by atoms with E-state index in [0.29, 0.717) is 11.6 Å². The van der Waals surface area contributed by atoms with Crippen molar-refractivity contribution < 1.29 is 0 Å². The Morgan fingerprint density at radius 1 is 1.59 bits per heavy atom. The van der Waals surface area contributed by atoms with Gasteiger partial charge in [0.2, 0.25) is 0 Å². The zero-order valence-electron chi connectivity index (χ0n) is 9.03. The molecule has 0 aliphatic carbocycles. The third-order valence-corrected chi connectivity index (χ3v) is 2.73. The van der Waals surface area contributed by atoms with Crippen LogP contribution in [0.2, 0.25) is 0 Å². The lowest BCUT2D eigenvalue weighted by molar-refractivity contribution is 1.06. The lowest BCUT2D eigenvalue weighted by Crippen LogP contribution is -2.20. The number of allylic oxidation sites excluding steroid dienone is 1. The molecule has 0 atom stereocenters. The van der Waals surface area contributed by atoms with Gasteiger partial charge in [-0.25, -0.2) is 9.97 Å². The van der Waals surface area contributed by atoms with Gasteiger partial charge >= 0.3 is 0 Å². The summed E-state index contributed by atoms with van der Waals surface area (Å²) in [5, 5.41) is 12.2. The van der Waals surface area contributed by atoms with E-state index in [1.807, 2.05) is 5.38 Å². The summed E-state index contributed by atoms with van der Waals surface area (Å²) in [6, 6.07) is 0. The number of aromatic nitrogens is 3.